The molecular weight excluding hydrogens is 270 g/mol. The van der Waals surface area contributed by atoms with E-state index in [1.54, 1.807) is 11.6 Å². The third-order valence-corrected chi connectivity index (χ3v) is 3.63. The van der Waals surface area contributed by atoms with Gasteiger partial charge in [-0.05, 0) is 6.42 Å². The zero-order valence-corrected chi connectivity index (χ0v) is 12.6. The smallest absolute Gasteiger partial charge is 0.321 e. The van der Waals surface area contributed by atoms with Gasteiger partial charge >= 0.3 is 5.69 Å². The molecule has 0 amide bonds. The van der Waals surface area contributed by atoms with Crippen LogP contribution >= 0.6 is 0 Å². The van der Waals surface area contributed by atoms with E-state index < -0.39 is 0 Å². The number of aromatic nitrogens is 4. The molecule has 0 atom stereocenters. The lowest BCUT2D eigenvalue weighted by Gasteiger charge is -2.07. The van der Waals surface area contributed by atoms with Crippen molar-refractivity contribution in [3.63, 3.8) is 0 Å². The van der Waals surface area contributed by atoms with Gasteiger partial charge in [0, 0.05) is 27.1 Å². The van der Waals surface area contributed by atoms with Gasteiger partial charge in [0.05, 0.1) is 12.5 Å². The highest BCUT2D eigenvalue weighted by atomic mass is 16.2. The van der Waals surface area contributed by atoms with Gasteiger partial charge in [-0.2, -0.15) is 5.26 Å². The zero-order valence-electron chi connectivity index (χ0n) is 12.6. The normalized spacial score (nSPS) is 11.0. The summed E-state index contributed by atoms with van der Waals surface area (Å²) in [6.45, 7) is 2.50. The van der Waals surface area contributed by atoms with Crippen molar-refractivity contribution in [2.45, 2.75) is 39.2 Å². The Morgan fingerprint density at radius 3 is 2.57 bits per heavy atom. The summed E-state index contributed by atoms with van der Waals surface area (Å²) in [6, 6.07) is 2.09. The van der Waals surface area contributed by atoms with Crippen LogP contribution in [-0.4, -0.2) is 18.7 Å². The summed E-state index contributed by atoms with van der Waals surface area (Å²) in [5, 5.41) is 8.80. The van der Waals surface area contributed by atoms with Crippen LogP contribution in [0.25, 0.3) is 11.2 Å². The fraction of sp³-hybridized carbons (Fsp3) is 0.571. The van der Waals surface area contributed by atoms with Gasteiger partial charge in [-0.25, -0.2) is 9.78 Å². The van der Waals surface area contributed by atoms with Crippen LogP contribution in [0.1, 0.15) is 32.0 Å². The molecule has 7 nitrogen and oxygen atoms in total. The summed E-state index contributed by atoms with van der Waals surface area (Å²) in [6.07, 6.45) is 2.99. The number of unbranched alkanes of at least 4 members (excludes halogenated alkanes) is 1. The van der Waals surface area contributed by atoms with Crippen LogP contribution in [0, 0.1) is 11.3 Å². The first-order valence-corrected chi connectivity index (χ1v) is 7.05. The first kappa shape index (κ1) is 15.0. The van der Waals surface area contributed by atoms with E-state index in [2.05, 4.69) is 18.0 Å². The molecule has 0 aliphatic rings. The van der Waals surface area contributed by atoms with E-state index in [0.29, 0.717) is 24.1 Å². The quantitative estimate of drug-likeness (QED) is 0.810. The van der Waals surface area contributed by atoms with Crippen molar-refractivity contribution >= 4 is 11.2 Å². The van der Waals surface area contributed by atoms with E-state index in [4.69, 9.17) is 5.26 Å². The maximum atomic E-state index is 12.4. The highest BCUT2D eigenvalue weighted by Crippen LogP contribution is 2.14. The number of nitrogens with zero attached hydrogens (tertiary/aromatic N) is 5. The molecule has 0 radical (unpaired) electrons. The van der Waals surface area contributed by atoms with Crippen molar-refractivity contribution in [3.05, 3.63) is 26.7 Å². The number of hydrogen-bond donors (Lipinski definition) is 0. The summed E-state index contributed by atoms with van der Waals surface area (Å²) in [5.41, 5.74) is 0.0499. The number of rotatable bonds is 5. The van der Waals surface area contributed by atoms with Crippen LogP contribution in [-0.2, 0) is 27.1 Å². The largest absolute Gasteiger partial charge is 0.332 e. The third kappa shape index (κ3) is 2.49. The molecule has 0 saturated heterocycles. The van der Waals surface area contributed by atoms with E-state index in [9.17, 15) is 9.59 Å². The van der Waals surface area contributed by atoms with Crippen LogP contribution in [0.5, 0.6) is 0 Å². The summed E-state index contributed by atoms with van der Waals surface area (Å²) < 4.78 is 4.25. The topological polar surface area (TPSA) is 85.6 Å². The summed E-state index contributed by atoms with van der Waals surface area (Å²) in [4.78, 5) is 28.8. The first-order chi connectivity index (χ1) is 10.0. The lowest BCUT2D eigenvalue weighted by atomic mass is 10.2. The van der Waals surface area contributed by atoms with Gasteiger partial charge in [-0.1, -0.05) is 13.3 Å². The van der Waals surface area contributed by atoms with Gasteiger partial charge in [0.2, 0.25) is 0 Å². The molecule has 0 spiro atoms. The molecule has 2 heterocycles. The Kier molecular flexibility index (Phi) is 4.26. The van der Waals surface area contributed by atoms with Crippen molar-refractivity contribution in [2.75, 3.05) is 0 Å². The van der Waals surface area contributed by atoms with E-state index in [0.717, 1.165) is 29.7 Å². The maximum Gasteiger partial charge on any atom is 0.332 e. The Morgan fingerprint density at radius 2 is 1.95 bits per heavy atom. The Labute approximate surface area is 122 Å². The average Bonchev–Trinajstić information content (AvgIpc) is 2.85. The second-order valence-electron chi connectivity index (χ2n) is 5.07. The highest BCUT2D eigenvalue weighted by molar-refractivity contribution is 5.71. The minimum Gasteiger partial charge on any atom is -0.321 e. The van der Waals surface area contributed by atoms with Crippen LogP contribution < -0.4 is 11.2 Å². The Morgan fingerprint density at radius 1 is 1.24 bits per heavy atom. The summed E-state index contributed by atoms with van der Waals surface area (Å²) >= 11 is 0. The predicted molar refractivity (Wildman–Crippen MR) is 79.1 cm³/mol. The maximum absolute atomic E-state index is 12.4. The van der Waals surface area contributed by atoms with Crippen LogP contribution in [0.4, 0.5) is 0 Å². The summed E-state index contributed by atoms with van der Waals surface area (Å²) in [5.74, 6) is 0.764. The molecule has 2 aromatic heterocycles. The van der Waals surface area contributed by atoms with Gasteiger partial charge in [0.1, 0.15) is 5.82 Å². The molecule has 0 saturated carbocycles. The Balaban J connectivity index is 2.77. The van der Waals surface area contributed by atoms with Gasteiger partial charge in [-0.15, -0.1) is 0 Å². The fourth-order valence-corrected chi connectivity index (χ4v) is 2.42. The van der Waals surface area contributed by atoms with Crippen LogP contribution in [0.3, 0.4) is 0 Å². The van der Waals surface area contributed by atoms with E-state index in [-0.39, 0.29) is 11.2 Å². The number of nitriles is 1. The molecule has 2 rings (SSSR count). The molecule has 21 heavy (non-hydrogen) atoms. The minimum atomic E-state index is -0.389. The molecule has 0 aliphatic heterocycles. The molecule has 0 fully saturated rings. The second kappa shape index (κ2) is 5.95. The number of hydrogen-bond acceptors (Lipinski definition) is 4. The molecule has 7 heteroatoms. The predicted octanol–water partition coefficient (Wildman–Crippen LogP) is 0.690. The van der Waals surface area contributed by atoms with E-state index in [1.165, 1.54) is 11.6 Å². The van der Waals surface area contributed by atoms with Crippen molar-refractivity contribution < 1.29 is 0 Å². The average molecular weight is 289 g/mol. The van der Waals surface area contributed by atoms with Gasteiger partial charge in [0.15, 0.2) is 11.2 Å². The molecule has 0 bridgehead atoms. The highest BCUT2D eigenvalue weighted by Gasteiger charge is 2.18. The standard InChI is InChI=1S/C14H19N5O2/c1-4-5-7-10-16-12-11(19(10)9-6-8-15)13(20)18(3)14(21)17(12)2/h4-7,9H2,1-3H3. The molecule has 2 aromatic rings. The first-order valence-electron chi connectivity index (χ1n) is 7.05. The molecule has 112 valence electrons. The van der Waals surface area contributed by atoms with Gasteiger partial charge in [-0.3, -0.25) is 13.9 Å². The molecule has 0 aromatic carbocycles. The number of fused-ring (bicyclic) bond motifs is 1. The van der Waals surface area contributed by atoms with Crippen LogP contribution in [0.2, 0.25) is 0 Å². The zero-order chi connectivity index (χ0) is 15.6. The van der Waals surface area contributed by atoms with Gasteiger partial charge < -0.3 is 4.57 Å². The Hall–Kier alpha value is -2.36. The molecule has 0 aliphatic carbocycles. The minimum absolute atomic E-state index is 0.302. The number of imidazole rings is 1. The van der Waals surface area contributed by atoms with Crippen molar-refractivity contribution in [1.82, 2.24) is 18.7 Å². The molecule has 0 N–H and O–H groups in total. The van der Waals surface area contributed by atoms with E-state index >= 15 is 0 Å². The lowest BCUT2D eigenvalue weighted by Crippen LogP contribution is -2.37. The third-order valence-electron chi connectivity index (χ3n) is 3.63. The fourth-order valence-electron chi connectivity index (χ4n) is 2.42. The van der Waals surface area contributed by atoms with Crippen LogP contribution in [0.15, 0.2) is 9.59 Å². The molecular formula is C14H19N5O2. The van der Waals surface area contributed by atoms with Crippen molar-refractivity contribution in [2.24, 2.45) is 14.1 Å². The van der Waals surface area contributed by atoms with E-state index in [1.807, 2.05) is 0 Å². The van der Waals surface area contributed by atoms with Gasteiger partial charge in [0.25, 0.3) is 5.56 Å². The monoisotopic (exact) mass is 289 g/mol. The number of aryl methyl sites for hydroxylation is 3. The summed E-state index contributed by atoms with van der Waals surface area (Å²) in [7, 11) is 3.06. The van der Waals surface area contributed by atoms with Crippen molar-refractivity contribution in [1.29, 1.82) is 5.26 Å². The SMILES string of the molecule is CCCCc1nc2c(c(=O)n(C)c(=O)n2C)n1CCC#N. The molecule has 0 unspecified atom stereocenters. The second-order valence-corrected chi connectivity index (χ2v) is 5.07. The van der Waals surface area contributed by atoms with Crippen molar-refractivity contribution in [3.8, 4) is 6.07 Å². The Bertz CT molecular complexity index is 819. The lowest BCUT2D eigenvalue weighted by molar-refractivity contribution is 0.648.